The number of carbonyl (C=O) groups is 2. The number of hydrogen-bond acceptors (Lipinski definition) is 4. The predicted molar refractivity (Wildman–Crippen MR) is 84.9 cm³/mol. The maximum absolute atomic E-state index is 11.9. The third-order valence-electron chi connectivity index (χ3n) is 3.59. The minimum absolute atomic E-state index is 0.243. The normalized spacial score (nSPS) is 14.4. The zero-order valence-electron chi connectivity index (χ0n) is 14.9. The molecule has 0 saturated carbocycles. The Bertz CT molecular complexity index is 336. The van der Waals surface area contributed by atoms with Crippen LogP contribution in [0, 0.1) is 5.92 Å². The Balaban J connectivity index is 4.18. The molecule has 0 fully saturated rings. The Morgan fingerprint density at radius 3 is 2.27 bits per heavy atom. The van der Waals surface area contributed by atoms with Crippen molar-refractivity contribution >= 4 is 11.9 Å². The molecule has 0 heterocycles. The topological polar surface area (TPSA) is 66.4 Å². The van der Waals surface area contributed by atoms with Crippen LogP contribution >= 0.6 is 0 Å². The molecule has 0 aromatic rings. The summed E-state index contributed by atoms with van der Waals surface area (Å²) in [4.78, 5) is 22.7. The lowest BCUT2D eigenvalue weighted by Gasteiger charge is -2.29. The van der Waals surface area contributed by atoms with Gasteiger partial charge in [0.15, 0.2) is 6.10 Å². The number of quaternary nitrogens is 1. The van der Waals surface area contributed by atoms with Gasteiger partial charge in [-0.25, -0.2) is 0 Å². The number of nitrogens with zero attached hydrogens (tertiary/aromatic N) is 1. The molecule has 0 radical (unpaired) electrons. The number of rotatable bonds is 12. The van der Waals surface area contributed by atoms with E-state index in [0.717, 1.165) is 12.8 Å². The van der Waals surface area contributed by atoms with Crippen LogP contribution in [0.25, 0.3) is 0 Å². The summed E-state index contributed by atoms with van der Waals surface area (Å²) in [5.74, 6) is -0.988. The molecule has 0 aliphatic rings. The monoisotopic (exact) mass is 315 g/mol. The van der Waals surface area contributed by atoms with Crippen LogP contribution in [0.15, 0.2) is 0 Å². The summed E-state index contributed by atoms with van der Waals surface area (Å²) in [5, 5.41) is 10.8. The number of esters is 1. The second kappa shape index (κ2) is 10.6. The summed E-state index contributed by atoms with van der Waals surface area (Å²) in [6.07, 6.45) is 5.04. The molecule has 0 aromatic carbocycles. The Kier molecular flexibility index (Phi) is 10.1. The van der Waals surface area contributed by atoms with Gasteiger partial charge in [-0.1, -0.05) is 39.5 Å². The molecule has 22 heavy (non-hydrogen) atoms. The van der Waals surface area contributed by atoms with E-state index in [1.165, 1.54) is 19.3 Å². The van der Waals surface area contributed by atoms with Crippen molar-refractivity contribution in [2.24, 2.45) is 5.92 Å². The summed E-state index contributed by atoms with van der Waals surface area (Å²) >= 11 is 0. The number of carbonyl (C=O) groups excluding carboxylic acids is 2. The van der Waals surface area contributed by atoms with E-state index in [1.807, 2.05) is 21.1 Å². The molecule has 0 spiro atoms. The molecule has 0 amide bonds. The van der Waals surface area contributed by atoms with Crippen LogP contribution in [0.4, 0.5) is 0 Å². The highest BCUT2D eigenvalue weighted by atomic mass is 16.5. The standard InChI is InChI=1S/C17H33NO4/c1-6-7-8-9-14(2)10-11-17(21)22-15(12-16(19)20)13-18(3,4)5/h14-15H,6-13H2,1-5H3. The van der Waals surface area contributed by atoms with E-state index in [9.17, 15) is 14.7 Å². The van der Waals surface area contributed by atoms with Gasteiger partial charge in [0, 0.05) is 18.8 Å². The van der Waals surface area contributed by atoms with Crippen molar-refractivity contribution in [1.82, 2.24) is 0 Å². The van der Waals surface area contributed by atoms with Crippen LogP contribution < -0.4 is 5.11 Å². The first-order chi connectivity index (χ1) is 10.1. The van der Waals surface area contributed by atoms with E-state index in [4.69, 9.17) is 4.74 Å². The van der Waals surface area contributed by atoms with E-state index < -0.39 is 12.1 Å². The molecule has 2 unspecified atom stereocenters. The quantitative estimate of drug-likeness (QED) is 0.312. The van der Waals surface area contributed by atoms with Crippen LogP contribution in [-0.2, 0) is 14.3 Å². The molecule has 0 aromatic heterocycles. The van der Waals surface area contributed by atoms with Gasteiger partial charge in [0.2, 0.25) is 0 Å². The highest BCUT2D eigenvalue weighted by Gasteiger charge is 2.22. The van der Waals surface area contributed by atoms with Crippen molar-refractivity contribution in [2.75, 3.05) is 27.7 Å². The molecule has 0 aliphatic carbocycles. The summed E-state index contributed by atoms with van der Waals surface area (Å²) in [6, 6.07) is 0. The molecule has 0 rings (SSSR count). The zero-order chi connectivity index (χ0) is 17.2. The number of carboxylic acid groups (broad SMARTS) is 1. The van der Waals surface area contributed by atoms with Crippen LogP contribution in [0.2, 0.25) is 0 Å². The number of likely N-dealkylation sites (N-methyl/N-ethyl adjacent to an activating group) is 1. The number of ether oxygens (including phenoxy) is 1. The minimum Gasteiger partial charge on any atom is -0.550 e. The van der Waals surface area contributed by atoms with E-state index >= 15 is 0 Å². The molecular weight excluding hydrogens is 282 g/mol. The Hall–Kier alpha value is -1.10. The molecule has 0 N–H and O–H groups in total. The maximum atomic E-state index is 11.9. The lowest BCUT2D eigenvalue weighted by Crippen LogP contribution is -2.45. The van der Waals surface area contributed by atoms with Gasteiger partial charge in [-0.2, -0.15) is 0 Å². The lowest BCUT2D eigenvalue weighted by atomic mass is 9.98. The second-order valence-corrected chi connectivity index (χ2v) is 7.30. The average Bonchev–Trinajstić information content (AvgIpc) is 2.33. The Morgan fingerprint density at radius 1 is 1.14 bits per heavy atom. The summed E-state index contributed by atoms with van der Waals surface area (Å²) < 4.78 is 5.88. The van der Waals surface area contributed by atoms with E-state index in [-0.39, 0.29) is 12.4 Å². The summed E-state index contributed by atoms with van der Waals surface area (Å²) in [5.41, 5.74) is 0. The van der Waals surface area contributed by atoms with Crippen LogP contribution in [0.1, 0.15) is 58.8 Å². The average molecular weight is 315 g/mol. The minimum atomic E-state index is -1.18. The lowest BCUT2D eigenvalue weighted by molar-refractivity contribution is -0.873. The molecule has 5 nitrogen and oxygen atoms in total. The molecule has 0 bridgehead atoms. The van der Waals surface area contributed by atoms with E-state index in [2.05, 4.69) is 13.8 Å². The van der Waals surface area contributed by atoms with Crippen molar-refractivity contribution in [3.63, 3.8) is 0 Å². The molecule has 2 atom stereocenters. The van der Waals surface area contributed by atoms with Crippen LogP contribution in [0.3, 0.4) is 0 Å². The third-order valence-corrected chi connectivity index (χ3v) is 3.59. The van der Waals surface area contributed by atoms with Crippen molar-refractivity contribution < 1.29 is 23.9 Å². The van der Waals surface area contributed by atoms with Gasteiger partial charge in [0.25, 0.3) is 0 Å². The second-order valence-electron chi connectivity index (χ2n) is 7.30. The fraction of sp³-hybridized carbons (Fsp3) is 0.882. The molecule has 5 heteroatoms. The van der Waals surface area contributed by atoms with Crippen molar-refractivity contribution in [1.29, 1.82) is 0 Å². The van der Waals surface area contributed by atoms with Gasteiger partial charge in [0.1, 0.15) is 6.54 Å². The number of hydrogen-bond donors (Lipinski definition) is 0. The van der Waals surface area contributed by atoms with Gasteiger partial charge < -0.3 is 19.1 Å². The number of aliphatic carboxylic acids is 1. The van der Waals surface area contributed by atoms with Crippen molar-refractivity contribution in [3.05, 3.63) is 0 Å². The Labute approximate surface area is 135 Å². The molecule has 0 aliphatic heterocycles. The van der Waals surface area contributed by atoms with Gasteiger partial charge in [0.05, 0.1) is 21.1 Å². The van der Waals surface area contributed by atoms with Crippen molar-refractivity contribution in [3.8, 4) is 0 Å². The van der Waals surface area contributed by atoms with Gasteiger partial charge in [-0.15, -0.1) is 0 Å². The molecule has 0 saturated heterocycles. The van der Waals surface area contributed by atoms with Gasteiger partial charge >= 0.3 is 5.97 Å². The van der Waals surface area contributed by atoms with Crippen LogP contribution in [-0.4, -0.2) is 50.2 Å². The highest BCUT2D eigenvalue weighted by molar-refractivity contribution is 5.70. The highest BCUT2D eigenvalue weighted by Crippen LogP contribution is 2.16. The fourth-order valence-corrected chi connectivity index (χ4v) is 2.44. The van der Waals surface area contributed by atoms with Crippen molar-refractivity contribution in [2.45, 2.75) is 64.9 Å². The third kappa shape index (κ3) is 12.6. The SMILES string of the molecule is CCCCCC(C)CCC(=O)OC(CC(=O)[O-])C[N+](C)(C)C. The van der Waals surface area contributed by atoms with Crippen LogP contribution in [0.5, 0.6) is 0 Å². The first-order valence-electron chi connectivity index (χ1n) is 8.33. The first kappa shape index (κ1) is 20.9. The predicted octanol–water partition coefficient (Wildman–Crippen LogP) is 1.74. The number of unbranched alkanes of at least 4 members (excludes halogenated alkanes) is 2. The largest absolute Gasteiger partial charge is 0.550 e. The first-order valence-corrected chi connectivity index (χ1v) is 8.33. The smallest absolute Gasteiger partial charge is 0.306 e. The summed E-state index contributed by atoms with van der Waals surface area (Å²) in [6.45, 7) is 4.78. The number of carboxylic acids is 1. The molecular formula is C17H33NO4. The zero-order valence-corrected chi connectivity index (χ0v) is 14.9. The summed E-state index contributed by atoms with van der Waals surface area (Å²) in [7, 11) is 5.81. The molecule has 130 valence electrons. The van der Waals surface area contributed by atoms with E-state index in [1.54, 1.807) is 0 Å². The fourth-order valence-electron chi connectivity index (χ4n) is 2.44. The van der Waals surface area contributed by atoms with E-state index in [0.29, 0.717) is 23.4 Å². The Morgan fingerprint density at radius 2 is 1.77 bits per heavy atom. The maximum Gasteiger partial charge on any atom is 0.306 e. The van der Waals surface area contributed by atoms with Gasteiger partial charge in [-0.3, -0.25) is 4.79 Å². The van der Waals surface area contributed by atoms with Gasteiger partial charge in [-0.05, 0) is 12.3 Å².